The van der Waals surface area contributed by atoms with Crippen LogP contribution in [0.4, 0.5) is 0 Å². The van der Waals surface area contributed by atoms with Crippen LogP contribution < -0.4 is 5.32 Å². The average molecular weight is 219 g/mol. The zero-order valence-corrected chi connectivity index (χ0v) is 9.49. The SMILES string of the molecule is Cc1ccccc1CC(=O)NC1(CO)CC1. The van der Waals surface area contributed by atoms with Crippen LogP contribution in [0.25, 0.3) is 0 Å². The Bertz CT molecular complexity index is 397. The first-order chi connectivity index (χ1) is 7.65. The van der Waals surface area contributed by atoms with Crippen molar-refractivity contribution < 1.29 is 9.90 Å². The first-order valence-electron chi connectivity index (χ1n) is 5.62. The molecular weight excluding hydrogens is 202 g/mol. The number of carbonyl (C=O) groups is 1. The smallest absolute Gasteiger partial charge is 0.224 e. The average Bonchev–Trinajstić information content (AvgIpc) is 3.02. The molecule has 1 aliphatic carbocycles. The van der Waals surface area contributed by atoms with E-state index in [4.69, 9.17) is 5.11 Å². The van der Waals surface area contributed by atoms with E-state index in [0.29, 0.717) is 6.42 Å². The Kier molecular flexibility index (Phi) is 2.97. The maximum Gasteiger partial charge on any atom is 0.224 e. The van der Waals surface area contributed by atoms with Crippen LogP contribution in [0.3, 0.4) is 0 Å². The summed E-state index contributed by atoms with van der Waals surface area (Å²) in [5.41, 5.74) is 1.87. The van der Waals surface area contributed by atoms with Crippen molar-refractivity contribution in [3.05, 3.63) is 35.4 Å². The van der Waals surface area contributed by atoms with Gasteiger partial charge >= 0.3 is 0 Å². The summed E-state index contributed by atoms with van der Waals surface area (Å²) in [6.07, 6.45) is 2.18. The molecule has 0 aromatic heterocycles. The second-order valence-electron chi connectivity index (χ2n) is 4.59. The summed E-state index contributed by atoms with van der Waals surface area (Å²) in [5.74, 6) is 0.000787. The third kappa shape index (κ3) is 2.42. The van der Waals surface area contributed by atoms with E-state index in [1.807, 2.05) is 31.2 Å². The molecule has 0 aliphatic heterocycles. The first kappa shape index (κ1) is 11.1. The normalized spacial score (nSPS) is 16.9. The van der Waals surface area contributed by atoms with E-state index in [-0.39, 0.29) is 18.1 Å². The molecule has 16 heavy (non-hydrogen) atoms. The summed E-state index contributed by atoms with van der Waals surface area (Å²) in [4.78, 5) is 11.8. The number of amides is 1. The molecule has 1 amide bonds. The molecule has 3 heteroatoms. The number of aliphatic hydroxyl groups is 1. The zero-order chi connectivity index (χ0) is 11.6. The highest BCUT2D eigenvalue weighted by atomic mass is 16.3. The van der Waals surface area contributed by atoms with Gasteiger partial charge in [-0.3, -0.25) is 4.79 Å². The molecule has 0 bridgehead atoms. The van der Waals surface area contributed by atoms with E-state index in [1.54, 1.807) is 0 Å². The molecule has 1 fully saturated rings. The molecule has 2 rings (SSSR count). The van der Waals surface area contributed by atoms with Gasteiger partial charge in [-0.15, -0.1) is 0 Å². The van der Waals surface area contributed by atoms with Gasteiger partial charge in [-0.05, 0) is 30.9 Å². The van der Waals surface area contributed by atoms with Crippen molar-refractivity contribution in [3.8, 4) is 0 Å². The molecule has 86 valence electrons. The van der Waals surface area contributed by atoms with Crippen molar-refractivity contribution in [3.63, 3.8) is 0 Å². The highest BCUT2D eigenvalue weighted by Crippen LogP contribution is 2.34. The molecule has 1 aromatic carbocycles. The Morgan fingerprint density at radius 2 is 2.12 bits per heavy atom. The third-order valence-corrected chi connectivity index (χ3v) is 3.17. The minimum absolute atomic E-state index is 0.000787. The first-order valence-corrected chi connectivity index (χ1v) is 5.62. The van der Waals surface area contributed by atoms with Crippen LogP contribution >= 0.6 is 0 Å². The van der Waals surface area contributed by atoms with Gasteiger partial charge in [0.1, 0.15) is 0 Å². The van der Waals surface area contributed by atoms with Gasteiger partial charge in [-0.1, -0.05) is 24.3 Å². The molecule has 1 aliphatic rings. The molecule has 0 heterocycles. The van der Waals surface area contributed by atoms with Crippen LogP contribution in [0.2, 0.25) is 0 Å². The van der Waals surface area contributed by atoms with Crippen molar-refractivity contribution in [1.82, 2.24) is 5.32 Å². The van der Waals surface area contributed by atoms with Crippen LogP contribution in [-0.4, -0.2) is 23.2 Å². The number of aliphatic hydroxyl groups excluding tert-OH is 1. The molecule has 0 atom stereocenters. The van der Waals surface area contributed by atoms with Gasteiger partial charge in [-0.25, -0.2) is 0 Å². The van der Waals surface area contributed by atoms with Crippen LogP contribution in [0, 0.1) is 6.92 Å². The summed E-state index contributed by atoms with van der Waals surface area (Å²) in [6, 6.07) is 7.87. The fourth-order valence-electron chi connectivity index (χ4n) is 1.79. The zero-order valence-electron chi connectivity index (χ0n) is 9.49. The topological polar surface area (TPSA) is 49.3 Å². The van der Waals surface area contributed by atoms with Gasteiger partial charge in [0.2, 0.25) is 5.91 Å². The summed E-state index contributed by atoms with van der Waals surface area (Å²) >= 11 is 0. The molecule has 2 N–H and O–H groups in total. The van der Waals surface area contributed by atoms with Crippen molar-refractivity contribution in [2.45, 2.75) is 31.7 Å². The predicted molar refractivity (Wildman–Crippen MR) is 62.1 cm³/mol. The Morgan fingerprint density at radius 1 is 1.44 bits per heavy atom. The van der Waals surface area contributed by atoms with Gasteiger partial charge < -0.3 is 10.4 Å². The van der Waals surface area contributed by atoms with Crippen molar-refractivity contribution in [1.29, 1.82) is 0 Å². The highest BCUT2D eigenvalue weighted by molar-refractivity contribution is 5.80. The Morgan fingerprint density at radius 3 is 2.69 bits per heavy atom. The van der Waals surface area contributed by atoms with Gasteiger partial charge in [-0.2, -0.15) is 0 Å². The number of hydrogen-bond acceptors (Lipinski definition) is 2. The molecule has 0 saturated heterocycles. The second kappa shape index (κ2) is 4.26. The lowest BCUT2D eigenvalue weighted by Crippen LogP contribution is -2.40. The number of benzene rings is 1. The van der Waals surface area contributed by atoms with Crippen LogP contribution in [0.1, 0.15) is 24.0 Å². The van der Waals surface area contributed by atoms with Gasteiger partial charge in [0.15, 0.2) is 0 Å². The maximum atomic E-state index is 11.8. The van der Waals surface area contributed by atoms with Gasteiger partial charge in [0, 0.05) is 0 Å². The predicted octanol–water partition coefficient (Wildman–Crippen LogP) is 1.18. The molecule has 1 saturated carbocycles. The minimum Gasteiger partial charge on any atom is -0.394 e. The molecule has 3 nitrogen and oxygen atoms in total. The number of carbonyl (C=O) groups excluding carboxylic acids is 1. The van der Waals surface area contributed by atoms with Crippen molar-refractivity contribution in [2.24, 2.45) is 0 Å². The van der Waals surface area contributed by atoms with Crippen LogP contribution in [-0.2, 0) is 11.2 Å². The minimum atomic E-state index is -0.306. The summed E-state index contributed by atoms with van der Waals surface area (Å²) < 4.78 is 0. The molecular formula is C13H17NO2. The van der Waals surface area contributed by atoms with Crippen LogP contribution in [0.15, 0.2) is 24.3 Å². The molecule has 0 unspecified atom stereocenters. The fraction of sp³-hybridized carbons (Fsp3) is 0.462. The monoisotopic (exact) mass is 219 g/mol. The Labute approximate surface area is 95.5 Å². The fourth-order valence-corrected chi connectivity index (χ4v) is 1.79. The van der Waals surface area contributed by atoms with Gasteiger partial charge in [0.25, 0.3) is 0 Å². The highest BCUT2D eigenvalue weighted by Gasteiger charge is 2.43. The summed E-state index contributed by atoms with van der Waals surface area (Å²) in [7, 11) is 0. The summed E-state index contributed by atoms with van der Waals surface area (Å²) in [6.45, 7) is 2.05. The standard InChI is InChI=1S/C13H17NO2/c1-10-4-2-3-5-11(10)8-12(16)14-13(9-15)6-7-13/h2-5,15H,6-9H2,1H3,(H,14,16). The number of nitrogens with one attached hydrogen (secondary N) is 1. The lowest BCUT2D eigenvalue weighted by molar-refractivity contribution is -0.121. The Hall–Kier alpha value is -1.35. The van der Waals surface area contributed by atoms with E-state index in [0.717, 1.165) is 24.0 Å². The number of aryl methyl sites for hydroxylation is 1. The lowest BCUT2D eigenvalue weighted by Gasteiger charge is -2.14. The largest absolute Gasteiger partial charge is 0.394 e. The summed E-state index contributed by atoms with van der Waals surface area (Å²) in [5, 5.41) is 12.0. The molecule has 1 aromatic rings. The van der Waals surface area contributed by atoms with E-state index < -0.39 is 0 Å². The quantitative estimate of drug-likeness (QED) is 0.799. The lowest BCUT2D eigenvalue weighted by atomic mass is 10.1. The molecule has 0 spiro atoms. The van der Waals surface area contributed by atoms with E-state index in [1.165, 1.54) is 0 Å². The van der Waals surface area contributed by atoms with E-state index in [9.17, 15) is 4.79 Å². The third-order valence-electron chi connectivity index (χ3n) is 3.17. The number of hydrogen-bond donors (Lipinski definition) is 2. The van der Waals surface area contributed by atoms with E-state index in [2.05, 4.69) is 5.32 Å². The van der Waals surface area contributed by atoms with Crippen molar-refractivity contribution in [2.75, 3.05) is 6.61 Å². The maximum absolute atomic E-state index is 11.8. The van der Waals surface area contributed by atoms with Crippen molar-refractivity contribution >= 4 is 5.91 Å². The van der Waals surface area contributed by atoms with Gasteiger partial charge in [0.05, 0.1) is 18.6 Å². The second-order valence-corrected chi connectivity index (χ2v) is 4.59. The molecule has 0 radical (unpaired) electrons. The number of rotatable bonds is 4. The van der Waals surface area contributed by atoms with E-state index >= 15 is 0 Å². The Balaban J connectivity index is 1.95. The van der Waals surface area contributed by atoms with Crippen LogP contribution in [0.5, 0.6) is 0 Å².